The van der Waals surface area contributed by atoms with Crippen LogP contribution in [0, 0.1) is 5.92 Å². The Labute approximate surface area is 218 Å². The lowest BCUT2D eigenvalue weighted by molar-refractivity contribution is 0.0921. The lowest BCUT2D eigenvalue weighted by Crippen LogP contribution is -2.43. The molecule has 1 saturated heterocycles. The molecule has 0 atom stereocenters. The summed E-state index contributed by atoms with van der Waals surface area (Å²) in [7, 11) is -3.21. The number of fused-ring (bicyclic) bond motifs is 1. The van der Waals surface area contributed by atoms with Gasteiger partial charge in [-0.15, -0.1) is 0 Å². The first kappa shape index (κ1) is 24.1. The van der Waals surface area contributed by atoms with Crippen molar-refractivity contribution < 1.29 is 8.42 Å². The molecule has 0 radical (unpaired) electrons. The molecule has 8 heteroatoms. The molecule has 1 aliphatic heterocycles. The molecule has 2 aromatic carbocycles. The number of nitrogens with two attached hydrogens (primary N) is 1. The summed E-state index contributed by atoms with van der Waals surface area (Å²) in [5.41, 5.74) is 11.1. The number of nitrogen functional groups attached to an aromatic ring is 1. The zero-order valence-corrected chi connectivity index (χ0v) is 21.8. The van der Waals surface area contributed by atoms with Crippen molar-refractivity contribution in [3.05, 3.63) is 78.2 Å². The number of hydrogen-bond acceptors (Lipinski definition) is 6. The van der Waals surface area contributed by atoms with E-state index < -0.39 is 9.84 Å². The van der Waals surface area contributed by atoms with Crippen molar-refractivity contribution in [3.8, 4) is 11.1 Å². The average Bonchev–Trinajstić information content (AvgIpc) is 3.22. The predicted molar refractivity (Wildman–Crippen MR) is 148 cm³/mol. The van der Waals surface area contributed by atoms with Crippen LogP contribution in [0.25, 0.3) is 22.2 Å². The molecule has 37 heavy (non-hydrogen) atoms. The van der Waals surface area contributed by atoms with Crippen LogP contribution in [0.3, 0.4) is 0 Å². The second-order valence-electron chi connectivity index (χ2n) is 10.6. The van der Waals surface area contributed by atoms with Gasteiger partial charge in [-0.25, -0.2) is 18.4 Å². The lowest BCUT2D eigenvalue weighted by Gasteiger charge is -2.42. The summed E-state index contributed by atoms with van der Waals surface area (Å²) >= 11 is 0. The van der Waals surface area contributed by atoms with Gasteiger partial charge < -0.3 is 15.2 Å². The molecule has 2 aliphatic rings. The van der Waals surface area contributed by atoms with Crippen molar-refractivity contribution in [3.63, 3.8) is 0 Å². The molecule has 1 saturated carbocycles. The van der Waals surface area contributed by atoms with E-state index >= 15 is 0 Å². The summed E-state index contributed by atoms with van der Waals surface area (Å²) in [5.74, 6) is 1.39. The molecule has 7 nitrogen and oxygen atoms in total. The number of hydrogen-bond donors (Lipinski definition) is 1. The van der Waals surface area contributed by atoms with E-state index in [2.05, 4.69) is 37.8 Å². The predicted octanol–water partition coefficient (Wildman–Crippen LogP) is 4.49. The molecule has 6 rings (SSSR count). The van der Waals surface area contributed by atoms with Crippen LogP contribution in [0.1, 0.15) is 36.4 Å². The smallest absolute Gasteiger partial charge is 0.154 e. The van der Waals surface area contributed by atoms with Gasteiger partial charge in [0.15, 0.2) is 9.84 Å². The monoisotopic (exact) mass is 515 g/mol. The molecule has 0 spiro atoms. The first-order valence-electron chi connectivity index (χ1n) is 13.1. The van der Waals surface area contributed by atoms with Gasteiger partial charge in [-0.3, -0.25) is 0 Å². The minimum atomic E-state index is -3.21. The van der Waals surface area contributed by atoms with Crippen molar-refractivity contribution in [1.29, 1.82) is 0 Å². The summed E-state index contributed by atoms with van der Waals surface area (Å²) in [6, 6.07) is 17.9. The number of aryl methyl sites for hydroxylation is 1. The molecule has 1 aliphatic carbocycles. The Morgan fingerprint density at radius 2 is 1.76 bits per heavy atom. The van der Waals surface area contributed by atoms with Crippen LogP contribution in [0.2, 0.25) is 0 Å². The Morgan fingerprint density at radius 1 is 0.973 bits per heavy atom. The number of sulfone groups is 1. The first-order valence-corrected chi connectivity index (χ1v) is 14.9. The molecule has 2 aromatic heterocycles. The highest BCUT2D eigenvalue weighted by atomic mass is 32.2. The van der Waals surface area contributed by atoms with Crippen LogP contribution >= 0.6 is 0 Å². The van der Waals surface area contributed by atoms with Crippen molar-refractivity contribution in [1.82, 2.24) is 19.4 Å². The van der Waals surface area contributed by atoms with Gasteiger partial charge in [0, 0.05) is 24.3 Å². The molecule has 3 heterocycles. The Balaban J connectivity index is 1.22. The molecule has 2 N–H and O–H groups in total. The maximum Gasteiger partial charge on any atom is 0.154 e. The summed E-state index contributed by atoms with van der Waals surface area (Å²) in [4.78, 5) is 11.4. The highest BCUT2D eigenvalue weighted by Gasteiger charge is 2.34. The standard InChI is InChI=1S/C29H33N5O2S/c30-28-27-26(18-34(29(27)32-20-31-28)25-15-23(16-25)17-33-11-5-12-33)24-9-4-8-21(14-24)10-13-37(35,36)19-22-6-2-1-3-7-22/h1-4,6-9,14,18,20,23,25H,5,10-13,15-17,19H2,(H2,30,31,32). The zero-order valence-electron chi connectivity index (χ0n) is 21.0. The van der Waals surface area contributed by atoms with Gasteiger partial charge in [0.2, 0.25) is 0 Å². The normalized spacial score (nSPS) is 20.0. The van der Waals surface area contributed by atoms with Crippen LogP contribution < -0.4 is 5.73 Å². The molecule has 0 amide bonds. The summed E-state index contributed by atoms with van der Waals surface area (Å²) in [5, 5.41) is 0.877. The van der Waals surface area contributed by atoms with Crippen LogP contribution in [0.15, 0.2) is 67.1 Å². The zero-order chi connectivity index (χ0) is 25.4. The van der Waals surface area contributed by atoms with Gasteiger partial charge in [0.25, 0.3) is 0 Å². The number of aromatic nitrogens is 3. The Kier molecular flexibility index (Phi) is 6.46. The molecule has 0 bridgehead atoms. The SMILES string of the molecule is Nc1ncnc2c1c(-c1cccc(CCS(=O)(=O)Cc3ccccc3)c1)cn2C1CC(CN2CCC2)C1. The van der Waals surface area contributed by atoms with E-state index in [1.54, 1.807) is 6.33 Å². The average molecular weight is 516 g/mol. The highest BCUT2D eigenvalue weighted by Crippen LogP contribution is 2.43. The van der Waals surface area contributed by atoms with Gasteiger partial charge in [-0.05, 0) is 61.4 Å². The minimum Gasteiger partial charge on any atom is -0.383 e. The van der Waals surface area contributed by atoms with Crippen LogP contribution in [0.4, 0.5) is 5.82 Å². The molecule has 192 valence electrons. The van der Waals surface area contributed by atoms with E-state index in [-0.39, 0.29) is 11.5 Å². The third kappa shape index (κ3) is 5.13. The molecule has 0 unspecified atom stereocenters. The quantitative estimate of drug-likeness (QED) is 0.353. The number of benzene rings is 2. The third-order valence-electron chi connectivity index (χ3n) is 7.88. The van der Waals surface area contributed by atoms with E-state index in [4.69, 9.17) is 5.73 Å². The fourth-order valence-electron chi connectivity index (χ4n) is 5.68. The van der Waals surface area contributed by atoms with E-state index in [1.807, 2.05) is 42.5 Å². The van der Waals surface area contributed by atoms with E-state index in [9.17, 15) is 8.42 Å². The molecular weight excluding hydrogens is 482 g/mol. The van der Waals surface area contributed by atoms with Crippen molar-refractivity contribution in [2.45, 2.75) is 37.5 Å². The number of anilines is 1. The van der Waals surface area contributed by atoms with E-state index in [0.29, 0.717) is 18.3 Å². The second kappa shape index (κ2) is 9.91. The molecule has 2 fully saturated rings. The van der Waals surface area contributed by atoms with Crippen LogP contribution in [0.5, 0.6) is 0 Å². The van der Waals surface area contributed by atoms with E-state index in [1.165, 1.54) is 26.1 Å². The first-order chi connectivity index (χ1) is 17.9. The van der Waals surface area contributed by atoms with E-state index in [0.717, 1.165) is 52.0 Å². The van der Waals surface area contributed by atoms with Crippen LogP contribution in [-0.4, -0.2) is 53.2 Å². The summed E-state index contributed by atoms with van der Waals surface area (Å²) in [6.07, 6.45) is 7.82. The number of nitrogens with zero attached hydrogens (tertiary/aromatic N) is 4. The third-order valence-corrected chi connectivity index (χ3v) is 9.48. The largest absolute Gasteiger partial charge is 0.383 e. The summed E-state index contributed by atoms with van der Waals surface area (Å²) < 4.78 is 27.8. The number of rotatable bonds is 9. The second-order valence-corrected chi connectivity index (χ2v) is 12.8. The topological polar surface area (TPSA) is 94.1 Å². The van der Waals surface area contributed by atoms with Gasteiger partial charge in [0.05, 0.1) is 16.9 Å². The highest BCUT2D eigenvalue weighted by molar-refractivity contribution is 7.90. The fraction of sp³-hybridized carbons (Fsp3) is 0.379. The summed E-state index contributed by atoms with van der Waals surface area (Å²) in [6.45, 7) is 3.69. The molecular formula is C29H33N5O2S. The van der Waals surface area contributed by atoms with Gasteiger partial charge in [-0.2, -0.15) is 0 Å². The lowest BCUT2D eigenvalue weighted by atomic mass is 9.79. The van der Waals surface area contributed by atoms with Gasteiger partial charge in [0.1, 0.15) is 17.8 Å². The van der Waals surface area contributed by atoms with Gasteiger partial charge in [-0.1, -0.05) is 54.6 Å². The van der Waals surface area contributed by atoms with Crippen LogP contribution in [-0.2, 0) is 22.0 Å². The number of likely N-dealkylation sites (tertiary alicyclic amines) is 1. The van der Waals surface area contributed by atoms with Crippen molar-refractivity contribution in [2.24, 2.45) is 5.92 Å². The fourth-order valence-corrected chi connectivity index (χ4v) is 7.07. The minimum absolute atomic E-state index is 0.0645. The van der Waals surface area contributed by atoms with Crippen molar-refractivity contribution >= 4 is 26.7 Å². The Bertz CT molecular complexity index is 1510. The molecule has 4 aromatic rings. The maximum atomic E-state index is 12.7. The van der Waals surface area contributed by atoms with Gasteiger partial charge >= 0.3 is 0 Å². The maximum absolute atomic E-state index is 12.7. The van der Waals surface area contributed by atoms with Crippen molar-refractivity contribution in [2.75, 3.05) is 31.1 Å². The Morgan fingerprint density at radius 3 is 2.51 bits per heavy atom. The Hall–Kier alpha value is -3.23.